The van der Waals surface area contributed by atoms with Crippen molar-refractivity contribution in [2.45, 2.75) is 43.3 Å². The van der Waals surface area contributed by atoms with Gasteiger partial charge in [0.05, 0.1) is 4.90 Å². The second-order valence-corrected chi connectivity index (χ2v) is 10.6. The van der Waals surface area contributed by atoms with Gasteiger partial charge >= 0.3 is 0 Å². The molecule has 5 nitrogen and oxygen atoms in total. The number of amides is 1. The summed E-state index contributed by atoms with van der Waals surface area (Å²) in [6, 6.07) is 14.7. The number of thioether (sulfide) groups is 1. The lowest BCUT2D eigenvalue weighted by Gasteiger charge is -2.20. The summed E-state index contributed by atoms with van der Waals surface area (Å²) < 4.78 is 27.5. The average Bonchev–Trinajstić information content (AvgIpc) is 3.05. The molecule has 0 aliphatic carbocycles. The number of carbonyl (C=O) groups is 1. The van der Waals surface area contributed by atoms with E-state index in [-0.39, 0.29) is 10.8 Å². The van der Waals surface area contributed by atoms with E-state index in [1.54, 1.807) is 34.3 Å². The van der Waals surface area contributed by atoms with Crippen molar-refractivity contribution in [3.63, 3.8) is 0 Å². The predicted molar refractivity (Wildman–Crippen MR) is 123 cm³/mol. The molecule has 0 unspecified atom stereocenters. The molecule has 0 saturated carbocycles. The topological polar surface area (TPSA) is 66.5 Å². The lowest BCUT2D eigenvalue weighted by molar-refractivity contribution is 0.0956. The molecule has 0 bridgehead atoms. The van der Waals surface area contributed by atoms with Crippen molar-refractivity contribution in [3.8, 4) is 0 Å². The second-order valence-electron chi connectivity index (χ2n) is 7.58. The zero-order valence-electron chi connectivity index (χ0n) is 17.5. The summed E-state index contributed by atoms with van der Waals surface area (Å²) in [5.74, 6) is 1.47. The number of sulfonamides is 1. The zero-order chi connectivity index (χ0) is 21.4. The van der Waals surface area contributed by atoms with E-state index in [1.807, 2.05) is 12.1 Å². The Morgan fingerprint density at radius 3 is 2.50 bits per heavy atom. The second kappa shape index (κ2) is 11.0. The molecule has 0 atom stereocenters. The highest BCUT2D eigenvalue weighted by molar-refractivity contribution is 7.98. The van der Waals surface area contributed by atoms with Crippen molar-refractivity contribution in [2.75, 3.05) is 25.4 Å². The fourth-order valence-corrected chi connectivity index (χ4v) is 6.02. The Morgan fingerprint density at radius 2 is 1.77 bits per heavy atom. The van der Waals surface area contributed by atoms with Crippen LogP contribution in [0.2, 0.25) is 0 Å². The molecule has 1 aliphatic rings. The van der Waals surface area contributed by atoms with E-state index in [0.717, 1.165) is 37.2 Å². The number of nitrogens with one attached hydrogen (secondary N) is 1. The maximum atomic E-state index is 13.0. The van der Waals surface area contributed by atoms with E-state index < -0.39 is 10.0 Å². The zero-order valence-corrected chi connectivity index (χ0v) is 19.1. The highest BCUT2D eigenvalue weighted by Crippen LogP contribution is 2.21. The van der Waals surface area contributed by atoms with Gasteiger partial charge in [-0.05, 0) is 49.1 Å². The van der Waals surface area contributed by atoms with Crippen molar-refractivity contribution >= 4 is 27.7 Å². The molecule has 1 N–H and O–H groups in total. The molecular weight excluding hydrogens is 416 g/mol. The van der Waals surface area contributed by atoms with Crippen LogP contribution in [0.5, 0.6) is 0 Å². The van der Waals surface area contributed by atoms with Crippen molar-refractivity contribution in [2.24, 2.45) is 0 Å². The van der Waals surface area contributed by atoms with Crippen LogP contribution >= 0.6 is 11.8 Å². The van der Waals surface area contributed by atoms with Crippen LogP contribution in [0, 0.1) is 6.92 Å². The number of rotatable bonds is 8. The fourth-order valence-electron chi connectivity index (χ4n) is 3.52. The lowest BCUT2D eigenvalue weighted by atomic mass is 10.1. The first-order valence-electron chi connectivity index (χ1n) is 10.5. The molecule has 1 heterocycles. The summed E-state index contributed by atoms with van der Waals surface area (Å²) in [5, 5.41) is 2.90. The van der Waals surface area contributed by atoms with E-state index in [4.69, 9.17) is 0 Å². The fraction of sp³-hybridized carbons (Fsp3) is 0.435. The Bertz CT molecular complexity index is 952. The summed E-state index contributed by atoms with van der Waals surface area (Å²) in [6.45, 7) is 3.75. The van der Waals surface area contributed by atoms with E-state index >= 15 is 0 Å². The summed E-state index contributed by atoms with van der Waals surface area (Å²) in [4.78, 5) is 12.7. The summed E-state index contributed by atoms with van der Waals surface area (Å²) in [6.07, 6.45) is 3.91. The van der Waals surface area contributed by atoms with E-state index in [9.17, 15) is 13.2 Å². The molecule has 1 amide bonds. The maximum absolute atomic E-state index is 13.0. The third-order valence-electron chi connectivity index (χ3n) is 5.35. The Hall–Kier alpha value is -1.83. The third-order valence-corrected chi connectivity index (χ3v) is 8.25. The normalized spacial score (nSPS) is 15.5. The Labute approximate surface area is 184 Å². The summed E-state index contributed by atoms with van der Waals surface area (Å²) >= 11 is 1.77. The van der Waals surface area contributed by atoms with Crippen molar-refractivity contribution in [1.82, 2.24) is 9.62 Å². The van der Waals surface area contributed by atoms with Crippen LogP contribution in [-0.4, -0.2) is 44.0 Å². The first-order valence-corrected chi connectivity index (χ1v) is 13.1. The van der Waals surface area contributed by atoms with E-state index in [0.29, 0.717) is 25.2 Å². The van der Waals surface area contributed by atoms with Gasteiger partial charge in [0.15, 0.2) is 0 Å². The van der Waals surface area contributed by atoms with Gasteiger partial charge < -0.3 is 5.32 Å². The Kier molecular flexibility index (Phi) is 8.36. The molecule has 0 radical (unpaired) electrons. The van der Waals surface area contributed by atoms with Gasteiger partial charge in [-0.2, -0.15) is 16.1 Å². The quantitative estimate of drug-likeness (QED) is 0.617. The minimum atomic E-state index is -3.56. The first kappa shape index (κ1) is 22.8. The van der Waals surface area contributed by atoms with Crippen LogP contribution in [-0.2, 0) is 15.8 Å². The third kappa shape index (κ3) is 6.09. The molecule has 0 aromatic heterocycles. The smallest absolute Gasteiger partial charge is 0.251 e. The molecular formula is C23H30N2O3S2. The van der Waals surface area contributed by atoms with Crippen molar-refractivity contribution < 1.29 is 13.2 Å². The highest BCUT2D eigenvalue weighted by Gasteiger charge is 2.25. The van der Waals surface area contributed by atoms with E-state index in [2.05, 4.69) is 24.4 Å². The minimum absolute atomic E-state index is 0.200. The van der Waals surface area contributed by atoms with Gasteiger partial charge in [0.1, 0.15) is 0 Å². The summed E-state index contributed by atoms with van der Waals surface area (Å²) in [7, 11) is -3.56. The number of hydrogen-bond donors (Lipinski definition) is 1. The molecule has 3 rings (SSSR count). The maximum Gasteiger partial charge on any atom is 0.251 e. The molecule has 1 fully saturated rings. The van der Waals surface area contributed by atoms with Gasteiger partial charge in [-0.25, -0.2) is 8.42 Å². The predicted octanol–water partition coefficient (Wildman–Crippen LogP) is 4.22. The van der Waals surface area contributed by atoms with Gasteiger partial charge in [-0.3, -0.25) is 4.79 Å². The molecule has 2 aromatic rings. The van der Waals surface area contributed by atoms with Crippen LogP contribution in [0.15, 0.2) is 53.4 Å². The van der Waals surface area contributed by atoms with E-state index in [1.165, 1.54) is 17.2 Å². The van der Waals surface area contributed by atoms with Crippen molar-refractivity contribution in [3.05, 3.63) is 65.2 Å². The number of hydrogen-bond acceptors (Lipinski definition) is 4. The molecule has 1 aliphatic heterocycles. The van der Waals surface area contributed by atoms with Crippen LogP contribution in [0.3, 0.4) is 0 Å². The highest BCUT2D eigenvalue weighted by atomic mass is 32.2. The molecule has 30 heavy (non-hydrogen) atoms. The monoisotopic (exact) mass is 446 g/mol. The lowest BCUT2D eigenvalue weighted by Crippen LogP contribution is -2.32. The van der Waals surface area contributed by atoms with Crippen molar-refractivity contribution in [1.29, 1.82) is 0 Å². The van der Waals surface area contributed by atoms with Crippen LogP contribution < -0.4 is 5.32 Å². The largest absolute Gasteiger partial charge is 0.351 e. The molecule has 0 spiro atoms. The molecule has 1 saturated heterocycles. The van der Waals surface area contributed by atoms with Crippen LogP contribution in [0.4, 0.5) is 0 Å². The minimum Gasteiger partial charge on any atom is -0.351 e. The van der Waals surface area contributed by atoms with Gasteiger partial charge in [-0.1, -0.05) is 43.2 Å². The standard InChI is InChI=1S/C23H30N2O3S2/c1-19-9-4-5-10-21(19)18-29-16-13-24-23(26)20-11-8-12-22(17-20)30(27,28)25-14-6-2-3-7-15-25/h4-5,8-12,17H,2-3,6-7,13-16,18H2,1H3,(H,24,26). The van der Waals surface area contributed by atoms with Gasteiger partial charge in [0.25, 0.3) is 5.91 Å². The van der Waals surface area contributed by atoms with Crippen LogP contribution in [0.25, 0.3) is 0 Å². The number of nitrogens with zero attached hydrogens (tertiary/aromatic N) is 1. The van der Waals surface area contributed by atoms with Gasteiger partial charge in [-0.15, -0.1) is 0 Å². The SMILES string of the molecule is Cc1ccccc1CSCCNC(=O)c1cccc(S(=O)(=O)N2CCCCCC2)c1. The van der Waals surface area contributed by atoms with Gasteiger partial charge in [0.2, 0.25) is 10.0 Å². The number of benzene rings is 2. The first-order chi connectivity index (χ1) is 14.5. The Balaban J connectivity index is 1.53. The Morgan fingerprint density at radius 1 is 1.03 bits per heavy atom. The average molecular weight is 447 g/mol. The number of aryl methyl sites for hydroxylation is 1. The van der Waals surface area contributed by atoms with Crippen LogP contribution in [0.1, 0.15) is 47.2 Å². The number of carbonyl (C=O) groups excluding carboxylic acids is 1. The molecule has 162 valence electrons. The van der Waals surface area contributed by atoms with Gasteiger partial charge in [0, 0.05) is 36.7 Å². The molecule has 2 aromatic carbocycles. The molecule has 7 heteroatoms. The summed E-state index contributed by atoms with van der Waals surface area (Å²) in [5.41, 5.74) is 2.96.